The van der Waals surface area contributed by atoms with Crippen LogP contribution in [0.3, 0.4) is 0 Å². The van der Waals surface area contributed by atoms with Gasteiger partial charge in [0.05, 0.1) is 6.10 Å². The van der Waals surface area contributed by atoms with Gasteiger partial charge in [0.1, 0.15) is 11.9 Å². The molecule has 1 heterocycles. The van der Waals surface area contributed by atoms with Crippen molar-refractivity contribution in [1.29, 1.82) is 0 Å². The molecule has 0 unspecified atom stereocenters. The van der Waals surface area contributed by atoms with E-state index in [2.05, 4.69) is 10.1 Å². The van der Waals surface area contributed by atoms with Crippen molar-refractivity contribution in [2.75, 3.05) is 6.54 Å². The van der Waals surface area contributed by atoms with Crippen LogP contribution in [-0.4, -0.2) is 31.3 Å². The van der Waals surface area contributed by atoms with E-state index in [1.165, 1.54) is 6.07 Å². The molecule has 1 aromatic carbocycles. The average molecular weight is 300 g/mol. The zero-order chi connectivity index (χ0) is 15.2. The molecular formula is C14H18F2N2O3. The van der Waals surface area contributed by atoms with E-state index >= 15 is 0 Å². The van der Waals surface area contributed by atoms with Gasteiger partial charge in [-0.15, -0.1) is 0 Å². The van der Waals surface area contributed by atoms with Crippen molar-refractivity contribution in [1.82, 2.24) is 5.32 Å². The molecule has 3 N–H and O–H groups in total. The van der Waals surface area contributed by atoms with Crippen LogP contribution in [0.5, 0.6) is 5.75 Å². The maximum Gasteiger partial charge on any atom is 0.387 e. The van der Waals surface area contributed by atoms with E-state index in [-0.39, 0.29) is 24.3 Å². The maximum absolute atomic E-state index is 12.3. The standard InChI is InChI=1S/C14H18F2N2O3/c15-14(16)21-11-4-2-1-3-9(11)8-18-13(19)12-6-5-10(7-17)20-12/h1-4,10,12,14H,5-8,17H2,(H,18,19)/t10-,12+/m1/s1. The molecule has 21 heavy (non-hydrogen) atoms. The summed E-state index contributed by atoms with van der Waals surface area (Å²) >= 11 is 0. The Labute approximate surface area is 121 Å². The SMILES string of the molecule is NC[C@H]1CC[C@@H](C(=O)NCc2ccccc2OC(F)F)O1. The number of carbonyl (C=O) groups excluding carboxylic acids is 1. The largest absolute Gasteiger partial charge is 0.434 e. The number of rotatable bonds is 6. The molecule has 0 aromatic heterocycles. The third-order valence-corrected chi connectivity index (χ3v) is 3.30. The minimum absolute atomic E-state index is 0.0555. The van der Waals surface area contributed by atoms with Crippen LogP contribution in [0.1, 0.15) is 18.4 Å². The first kappa shape index (κ1) is 15.7. The van der Waals surface area contributed by atoms with Gasteiger partial charge in [0, 0.05) is 18.7 Å². The molecule has 1 aromatic rings. The number of benzene rings is 1. The number of hydrogen-bond acceptors (Lipinski definition) is 4. The Balaban J connectivity index is 1.89. The number of nitrogens with two attached hydrogens (primary N) is 1. The lowest BCUT2D eigenvalue weighted by Crippen LogP contribution is -2.35. The number of carbonyl (C=O) groups is 1. The molecule has 5 nitrogen and oxygen atoms in total. The van der Waals surface area contributed by atoms with Crippen LogP contribution >= 0.6 is 0 Å². The predicted octanol–water partition coefficient (Wildman–Crippen LogP) is 1.41. The summed E-state index contributed by atoms with van der Waals surface area (Å²) in [6, 6.07) is 6.34. The monoisotopic (exact) mass is 300 g/mol. The smallest absolute Gasteiger partial charge is 0.387 e. The van der Waals surface area contributed by atoms with Crippen LogP contribution in [0.15, 0.2) is 24.3 Å². The number of hydrogen-bond donors (Lipinski definition) is 2. The Morgan fingerprint density at radius 2 is 2.19 bits per heavy atom. The second-order valence-electron chi connectivity index (χ2n) is 4.76. The van der Waals surface area contributed by atoms with Crippen LogP contribution in [0.4, 0.5) is 8.78 Å². The molecule has 1 amide bonds. The van der Waals surface area contributed by atoms with E-state index in [0.29, 0.717) is 18.5 Å². The first-order chi connectivity index (χ1) is 10.1. The van der Waals surface area contributed by atoms with Gasteiger partial charge in [-0.3, -0.25) is 4.79 Å². The fourth-order valence-electron chi connectivity index (χ4n) is 2.23. The Kier molecular flexibility index (Phi) is 5.46. The van der Waals surface area contributed by atoms with Crippen molar-refractivity contribution in [3.05, 3.63) is 29.8 Å². The zero-order valence-corrected chi connectivity index (χ0v) is 11.4. The summed E-state index contributed by atoms with van der Waals surface area (Å²) in [5.41, 5.74) is 5.97. The number of amides is 1. The van der Waals surface area contributed by atoms with E-state index < -0.39 is 12.7 Å². The second-order valence-corrected chi connectivity index (χ2v) is 4.76. The zero-order valence-electron chi connectivity index (χ0n) is 11.4. The Hall–Kier alpha value is -1.73. The Morgan fingerprint density at radius 1 is 1.43 bits per heavy atom. The maximum atomic E-state index is 12.3. The number of ether oxygens (including phenoxy) is 2. The van der Waals surface area contributed by atoms with Crippen molar-refractivity contribution in [2.24, 2.45) is 5.73 Å². The van der Waals surface area contributed by atoms with Gasteiger partial charge in [-0.2, -0.15) is 8.78 Å². The predicted molar refractivity (Wildman–Crippen MR) is 71.9 cm³/mol. The molecule has 0 bridgehead atoms. The normalized spacial score (nSPS) is 21.5. The van der Waals surface area contributed by atoms with E-state index in [9.17, 15) is 13.6 Å². The highest BCUT2D eigenvalue weighted by Gasteiger charge is 2.29. The summed E-state index contributed by atoms with van der Waals surface area (Å²) in [7, 11) is 0. The summed E-state index contributed by atoms with van der Waals surface area (Å²) in [6.45, 7) is -2.41. The lowest BCUT2D eigenvalue weighted by molar-refractivity contribution is -0.132. The van der Waals surface area contributed by atoms with Gasteiger partial charge in [-0.25, -0.2) is 0 Å². The number of nitrogens with one attached hydrogen (secondary N) is 1. The van der Waals surface area contributed by atoms with E-state index in [4.69, 9.17) is 10.5 Å². The third kappa shape index (κ3) is 4.37. The molecule has 1 saturated heterocycles. The van der Waals surface area contributed by atoms with Crippen LogP contribution in [-0.2, 0) is 16.1 Å². The summed E-state index contributed by atoms with van der Waals surface area (Å²) < 4.78 is 34.4. The molecular weight excluding hydrogens is 282 g/mol. The first-order valence-electron chi connectivity index (χ1n) is 6.76. The van der Waals surface area contributed by atoms with E-state index in [0.717, 1.165) is 6.42 Å². The van der Waals surface area contributed by atoms with E-state index in [1.807, 2.05) is 0 Å². The minimum atomic E-state index is -2.90. The van der Waals surface area contributed by atoms with Crippen LogP contribution < -0.4 is 15.8 Å². The molecule has 2 atom stereocenters. The lowest BCUT2D eigenvalue weighted by Gasteiger charge is -2.14. The van der Waals surface area contributed by atoms with Crippen LogP contribution in [0.25, 0.3) is 0 Å². The first-order valence-corrected chi connectivity index (χ1v) is 6.76. The molecule has 0 spiro atoms. The van der Waals surface area contributed by atoms with Crippen molar-refractivity contribution in [2.45, 2.75) is 38.2 Å². The summed E-state index contributed by atoms with van der Waals surface area (Å²) in [4.78, 5) is 11.9. The highest BCUT2D eigenvalue weighted by molar-refractivity contribution is 5.81. The van der Waals surface area contributed by atoms with Crippen LogP contribution in [0.2, 0.25) is 0 Å². The summed E-state index contributed by atoms with van der Waals surface area (Å²) in [5.74, 6) is -0.210. The third-order valence-electron chi connectivity index (χ3n) is 3.30. The fraction of sp³-hybridized carbons (Fsp3) is 0.500. The molecule has 1 fully saturated rings. The highest BCUT2D eigenvalue weighted by atomic mass is 19.3. The van der Waals surface area contributed by atoms with Crippen molar-refractivity contribution >= 4 is 5.91 Å². The molecule has 0 aliphatic carbocycles. The summed E-state index contributed by atoms with van der Waals surface area (Å²) in [6.07, 6.45) is 0.750. The molecule has 1 aliphatic rings. The second kappa shape index (κ2) is 7.33. The molecule has 1 aliphatic heterocycles. The van der Waals surface area contributed by atoms with Gasteiger partial charge in [0.15, 0.2) is 0 Å². The number of alkyl halides is 2. The molecule has 2 rings (SSSR count). The lowest BCUT2D eigenvalue weighted by atomic mass is 10.1. The minimum Gasteiger partial charge on any atom is -0.434 e. The molecule has 0 saturated carbocycles. The van der Waals surface area contributed by atoms with E-state index in [1.54, 1.807) is 18.2 Å². The van der Waals surface area contributed by atoms with Gasteiger partial charge >= 0.3 is 6.61 Å². The van der Waals surface area contributed by atoms with Crippen molar-refractivity contribution in [3.63, 3.8) is 0 Å². The fourth-order valence-corrected chi connectivity index (χ4v) is 2.23. The Bertz CT molecular complexity index is 485. The van der Waals surface area contributed by atoms with Gasteiger partial charge in [-0.1, -0.05) is 18.2 Å². The van der Waals surface area contributed by atoms with Crippen molar-refractivity contribution in [3.8, 4) is 5.75 Å². The average Bonchev–Trinajstić information content (AvgIpc) is 2.94. The van der Waals surface area contributed by atoms with Gasteiger partial charge in [-0.05, 0) is 18.9 Å². The molecule has 7 heteroatoms. The quantitative estimate of drug-likeness (QED) is 0.833. The van der Waals surface area contributed by atoms with Crippen molar-refractivity contribution < 1.29 is 23.0 Å². The number of halogens is 2. The Morgan fingerprint density at radius 3 is 2.86 bits per heavy atom. The van der Waals surface area contributed by atoms with Gasteiger partial charge < -0.3 is 20.5 Å². The highest BCUT2D eigenvalue weighted by Crippen LogP contribution is 2.21. The van der Waals surface area contributed by atoms with Gasteiger partial charge in [0.2, 0.25) is 5.91 Å². The molecule has 0 radical (unpaired) electrons. The summed E-state index contributed by atoms with van der Waals surface area (Å²) in [5, 5.41) is 2.67. The molecule has 116 valence electrons. The van der Waals surface area contributed by atoms with Crippen LogP contribution in [0, 0.1) is 0 Å². The van der Waals surface area contributed by atoms with Gasteiger partial charge in [0.25, 0.3) is 0 Å². The number of para-hydroxylation sites is 1. The topological polar surface area (TPSA) is 73.6 Å².